The van der Waals surface area contributed by atoms with E-state index in [2.05, 4.69) is 0 Å². The summed E-state index contributed by atoms with van der Waals surface area (Å²) in [5.41, 5.74) is 1.51. The Morgan fingerprint density at radius 3 is 1.30 bits per heavy atom. The number of esters is 2. The average molecular weight is 625 g/mol. The molecule has 2 unspecified atom stereocenters. The van der Waals surface area contributed by atoms with E-state index in [0.29, 0.717) is 56.4 Å². The second kappa shape index (κ2) is 13.7. The molecule has 2 atom stereocenters. The Bertz CT molecular complexity index is 1600. The second-order valence-electron chi connectivity index (χ2n) is 10.6. The zero-order chi connectivity index (χ0) is 31.4. The zero-order valence-corrected chi connectivity index (χ0v) is 26.6. The standard InChI is InChI=1S/C36H32O6S2/c1-5-21(3)35(39)41-23-13-17-25(18-14-23)43-29-11-7-9-27-31(29)33(37)28-10-8-12-30(32(28)34(27)38)44-26-19-15-24(16-20-26)42-36(40)22(4)6-2/h7-22H,5-6H2,1-4H3. The molecule has 0 saturated carbocycles. The van der Waals surface area contributed by atoms with Gasteiger partial charge in [0.15, 0.2) is 11.6 Å². The van der Waals surface area contributed by atoms with Gasteiger partial charge in [-0.25, -0.2) is 0 Å². The molecule has 8 heteroatoms. The monoisotopic (exact) mass is 624 g/mol. The highest BCUT2D eigenvalue weighted by Gasteiger charge is 2.33. The maximum atomic E-state index is 13.9. The fourth-order valence-electron chi connectivity index (χ4n) is 4.52. The van der Waals surface area contributed by atoms with E-state index in [1.165, 1.54) is 23.5 Å². The van der Waals surface area contributed by atoms with Crippen LogP contribution < -0.4 is 9.47 Å². The maximum absolute atomic E-state index is 13.9. The van der Waals surface area contributed by atoms with Crippen LogP contribution in [0, 0.1) is 11.8 Å². The van der Waals surface area contributed by atoms with E-state index in [1.54, 1.807) is 48.5 Å². The molecule has 0 aliphatic heterocycles. The SMILES string of the molecule is CCC(C)C(=O)Oc1ccc(Sc2cccc3c2C(=O)c2cccc(Sc4ccc(OC(=O)C(C)CC)cc4)c2C3=O)cc1. The molecule has 1 aliphatic carbocycles. The Hall–Kier alpha value is -4.14. The van der Waals surface area contributed by atoms with Gasteiger partial charge in [-0.3, -0.25) is 19.2 Å². The van der Waals surface area contributed by atoms with Crippen molar-refractivity contribution < 1.29 is 28.7 Å². The molecule has 0 aromatic heterocycles. The van der Waals surface area contributed by atoms with Crippen LogP contribution in [0.2, 0.25) is 0 Å². The van der Waals surface area contributed by atoms with Crippen molar-refractivity contribution in [2.45, 2.75) is 60.1 Å². The van der Waals surface area contributed by atoms with Crippen LogP contribution in [-0.4, -0.2) is 23.5 Å². The van der Waals surface area contributed by atoms with E-state index in [-0.39, 0.29) is 35.3 Å². The quantitative estimate of drug-likeness (QED) is 0.113. The first-order chi connectivity index (χ1) is 21.2. The molecule has 0 amide bonds. The lowest BCUT2D eigenvalue weighted by Crippen LogP contribution is -2.22. The fraction of sp³-hybridized carbons (Fsp3) is 0.222. The normalized spacial score (nSPS) is 13.5. The van der Waals surface area contributed by atoms with Gasteiger partial charge in [0.05, 0.1) is 11.8 Å². The van der Waals surface area contributed by atoms with Crippen LogP contribution in [-0.2, 0) is 9.59 Å². The van der Waals surface area contributed by atoms with Gasteiger partial charge in [-0.05, 0) is 73.5 Å². The smallest absolute Gasteiger partial charge is 0.314 e. The molecule has 1 aliphatic rings. The Labute approximate surface area is 265 Å². The molecule has 6 nitrogen and oxygen atoms in total. The summed E-state index contributed by atoms with van der Waals surface area (Å²) in [7, 11) is 0. The molecule has 0 fully saturated rings. The third-order valence-electron chi connectivity index (χ3n) is 7.57. The van der Waals surface area contributed by atoms with Gasteiger partial charge in [-0.1, -0.05) is 75.5 Å². The van der Waals surface area contributed by atoms with E-state index in [4.69, 9.17) is 9.47 Å². The molecule has 0 heterocycles. The van der Waals surface area contributed by atoms with Gasteiger partial charge in [-0.15, -0.1) is 0 Å². The number of carbonyl (C=O) groups is 4. The minimum atomic E-state index is -0.273. The topological polar surface area (TPSA) is 86.7 Å². The lowest BCUT2D eigenvalue weighted by molar-refractivity contribution is -0.139. The summed E-state index contributed by atoms with van der Waals surface area (Å²) in [6.07, 6.45) is 1.40. The Balaban J connectivity index is 1.36. The number of fused-ring (bicyclic) bond motifs is 2. The highest BCUT2D eigenvalue weighted by atomic mass is 32.2. The van der Waals surface area contributed by atoms with Crippen LogP contribution in [0.25, 0.3) is 0 Å². The molecule has 4 aromatic carbocycles. The number of carbonyl (C=O) groups excluding carboxylic acids is 4. The maximum Gasteiger partial charge on any atom is 0.314 e. The molecule has 44 heavy (non-hydrogen) atoms. The molecule has 224 valence electrons. The molecular weight excluding hydrogens is 593 g/mol. The van der Waals surface area contributed by atoms with E-state index < -0.39 is 0 Å². The number of benzene rings is 4. The van der Waals surface area contributed by atoms with E-state index in [1.807, 2.05) is 64.1 Å². The number of hydrogen-bond donors (Lipinski definition) is 0. The molecule has 0 bridgehead atoms. The van der Waals surface area contributed by atoms with Crippen LogP contribution in [0.5, 0.6) is 11.5 Å². The first kappa shape index (κ1) is 31.3. The summed E-state index contributed by atoms with van der Waals surface area (Å²) >= 11 is 2.76. The van der Waals surface area contributed by atoms with Gasteiger partial charge in [0.2, 0.25) is 0 Å². The van der Waals surface area contributed by atoms with Gasteiger partial charge in [-0.2, -0.15) is 0 Å². The predicted octanol–water partition coefficient (Wildman–Crippen LogP) is 8.67. The van der Waals surface area contributed by atoms with Gasteiger partial charge < -0.3 is 9.47 Å². The summed E-state index contributed by atoms with van der Waals surface area (Å²) in [5, 5.41) is 0. The Morgan fingerprint density at radius 2 is 0.955 bits per heavy atom. The van der Waals surface area contributed by atoms with Gasteiger partial charge in [0, 0.05) is 41.8 Å². The van der Waals surface area contributed by atoms with Crippen molar-refractivity contribution in [2.75, 3.05) is 0 Å². The first-order valence-corrected chi connectivity index (χ1v) is 16.2. The summed E-state index contributed by atoms with van der Waals surface area (Å²) in [6, 6.07) is 24.9. The van der Waals surface area contributed by atoms with Crippen molar-refractivity contribution in [2.24, 2.45) is 11.8 Å². The van der Waals surface area contributed by atoms with Crippen molar-refractivity contribution >= 4 is 47.0 Å². The van der Waals surface area contributed by atoms with Crippen LogP contribution in [0.3, 0.4) is 0 Å². The van der Waals surface area contributed by atoms with Crippen molar-refractivity contribution in [1.82, 2.24) is 0 Å². The fourth-order valence-corrected chi connectivity index (χ4v) is 6.48. The molecule has 0 saturated heterocycles. The third kappa shape index (κ3) is 6.66. The van der Waals surface area contributed by atoms with E-state index >= 15 is 0 Å². The molecule has 0 radical (unpaired) electrons. The van der Waals surface area contributed by atoms with Gasteiger partial charge in [0.1, 0.15) is 11.5 Å². The molecule has 4 aromatic rings. The lowest BCUT2D eigenvalue weighted by Gasteiger charge is -2.22. The van der Waals surface area contributed by atoms with Crippen LogP contribution >= 0.6 is 23.5 Å². The van der Waals surface area contributed by atoms with Gasteiger partial charge in [0.25, 0.3) is 0 Å². The molecule has 5 rings (SSSR count). The molecule has 0 N–H and O–H groups in total. The minimum Gasteiger partial charge on any atom is -0.426 e. The number of ether oxygens (including phenoxy) is 2. The highest BCUT2D eigenvalue weighted by molar-refractivity contribution is 7.99. The van der Waals surface area contributed by atoms with Crippen molar-refractivity contribution in [3.05, 3.63) is 107 Å². The number of hydrogen-bond acceptors (Lipinski definition) is 8. The highest BCUT2D eigenvalue weighted by Crippen LogP contribution is 2.41. The largest absolute Gasteiger partial charge is 0.426 e. The number of ketones is 2. The predicted molar refractivity (Wildman–Crippen MR) is 171 cm³/mol. The lowest BCUT2D eigenvalue weighted by atomic mass is 9.84. The Kier molecular flexibility index (Phi) is 9.71. The first-order valence-electron chi connectivity index (χ1n) is 14.5. The van der Waals surface area contributed by atoms with Crippen molar-refractivity contribution in [3.8, 4) is 11.5 Å². The van der Waals surface area contributed by atoms with Crippen LogP contribution in [0.15, 0.2) is 105 Å². The second-order valence-corrected chi connectivity index (χ2v) is 12.9. The van der Waals surface area contributed by atoms with Crippen molar-refractivity contribution in [1.29, 1.82) is 0 Å². The molecular formula is C36H32O6S2. The third-order valence-corrected chi connectivity index (χ3v) is 9.70. The summed E-state index contributed by atoms with van der Waals surface area (Å²) in [4.78, 5) is 55.1. The Morgan fingerprint density at radius 1 is 0.591 bits per heavy atom. The minimum absolute atomic E-state index is 0.184. The van der Waals surface area contributed by atoms with Crippen LogP contribution in [0.4, 0.5) is 0 Å². The average Bonchev–Trinajstić information content (AvgIpc) is 3.04. The van der Waals surface area contributed by atoms with E-state index in [0.717, 1.165) is 9.79 Å². The zero-order valence-electron chi connectivity index (χ0n) is 24.9. The van der Waals surface area contributed by atoms with Crippen LogP contribution in [0.1, 0.15) is 72.4 Å². The summed E-state index contributed by atoms with van der Waals surface area (Å²) < 4.78 is 10.9. The molecule has 0 spiro atoms. The summed E-state index contributed by atoms with van der Waals surface area (Å²) in [6.45, 7) is 7.53. The summed E-state index contributed by atoms with van der Waals surface area (Å²) in [5.74, 6) is -0.398. The number of rotatable bonds is 10. The van der Waals surface area contributed by atoms with Gasteiger partial charge >= 0.3 is 11.9 Å². The van der Waals surface area contributed by atoms with E-state index in [9.17, 15) is 19.2 Å². The van der Waals surface area contributed by atoms with Crippen molar-refractivity contribution in [3.63, 3.8) is 0 Å².